The van der Waals surface area contributed by atoms with Gasteiger partial charge in [-0.3, -0.25) is 19.8 Å². The minimum atomic E-state index is -0.442. The van der Waals surface area contributed by atoms with Crippen LogP contribution in [0.4, 0.5) is 5.82 Å². The Kier molecular flexibility index (Phi) is 5.73. The molecule has 3 aromatic rings. The quantitative estimate of drug-likeness (QED) is 0.454. The van der Waals surface area contributed by atoms with Gasteiger partial charge in [0.05, 0.1) is 26.9 Å². The summed E-state index contributed by atoms with van der Waals surface area (Å²) in [5.74, 6) is 1.67. The Bertz CT molecular complexity index is 1330. The van der Waals surface area contributed by atoms with Gasteiger partial charge in [0.2, 0.25) is 5.75 Å². The summed E-state index contributed by atoms with van der Waals surface area (Å²) < 4.78 is 17.4. The summed E-state index contributed by atoms with van der Waals surface area (Å²) in [6.45, 7) is 0. The number of hydrogen-bond donors (Lipinski definition) is 3. The summed E-state index contributed by atoms with van der Waals surface area (Å²) in [6, 6.07) is 11.5. The molecule has 2 heterocycles. The molecule has 0 unspecified atom stereocenters. The van der Waals surface area contributed by atoms with E-state index in [1.807, 2.05) is 36.4 Å². The lowest BCUT2D eigenvalue weighted by molar-refractivity contribution is -0.116. The summed E-state index contributed by atoms with van der Waals surface area (Å²) in [6.07, 6.45) is 0.906. The summed E-state index contributed by atoms with van der Waals surface area (Å²) >= 11 is 3.46. The zero-order valence-corrected chi connectivity index (χ0v) is 20.5. The zero-order chi connectivity index (χ0) is 24.0. The number of fused-ring (bicyclic) bond motifs is 1. The van der Waals surface area contributed by atoms with Crippen LogP contribution in [-0.4, -0.2) is 37.3 Å². The van der Waals surface area contributed by atoms with E-state index in [2.05, 4.69) is 31.4 Å². The number of aromatic nitrogens is 2. The third kappa shape index (κ3) is 3.60. The number of Topliss-reactive ketones (excluding diaryl/α,β-unsaturated/α-hetero) is 1. The van der Waals surface area contributed by atoms with E-state index < -0.39 is 5.92 Å². The predicted molar refractivity (Wildman–Crippen MR) is 131 cm³/mol. The van der Waals surface area contributed by atoms with E-state index in [1.165, 1.54) is 0 Å². The fraction of sp³-hybridized carbons (Fsp3) is 0.280. The average molecular weight is 526 g/mol. The molecule has 1 aliphatic heterocycles. The normalized spacial score (nSPS) is 19.2. The van der Waals surface area contributed by atoms with Crippen molar-refractivity contribution in [2.45, 2.75) is 24.7 Å². The number of aromatic amines is 2. The molecule has 34 heavy (non-hydrogen) atoms. The Morgan fingerprint density at radius 1 is 0.882 bits per heavy atom. The van der Waals surface area contributed by atoms with Crippen LogP contribution in [0.2, 0.25) is 0 Å². The van der Waals surface area contributed by atoms with Crippen molar-refractivity contribution in [2.24, 2.45) is 0 Å². The fourth-order valence-corrected chi connectivity index (χ4v) is 5.25. The van der Waals surface area contributed by atoms with Crippen molar-refractivity contribution < 1.29 is 19.0 Å². The summed E-state index contributed by atoms with van der Waals surface area (Å²) in [7, 11) is 4.71. The third-order valence-electron chi connectivity index (χ3n) is 6.54. The highest BCUT2D eigenvalue weighted by molar-refractivity contribution is 9.10. The van der Waals surface area contributed by atoms with E-state index in [0.29, 0.717) is 47.0 Å². The molecule has 0 radical (unpaired) electrons. The number of rotatable bonds is 5. The van der Waals surface area contributed by atoms with Crippen LogP contribution in [-0.2, 0) is 4.79 Å². The number of H-pyrrole nitrogens is 2. The number of benzene rings is 2. The number of ketones is 1. The molecule has 0 saturated heterocycles. The van der Waals surface area contributed by atoms with Gasteiger partial charge in [0, 0.05) is 28.1 Å². The third-order valence-corrected chi connectivity index (χ3v) is 7.07. The second kappa shape index (κ2) is 8.72. The molecule has 5 rings (SSSR count). The number of allylic oxidation sites excluding steroid dienone is 2. The zero-order valence-electron chi connectivity index (χ0n) is 19.0. The molecule has 2 aliphatic rings. The number of hydrogen-bond acceptors (Lipinski definition) is 6. The molecule has 0 fully saturated rings. The second-order valence-corrected chi connectivity index (χ2v) is 9.27. The average Bonchev–Trinajstić information content (AvgIpc) is 3.22. The van der Waals surface area contributed by atoms with Crippen molar-refractivity contribution in [1.29, 1.82) is 0 Å². The Morgan fingerprint density at radius 3 is 2.18 bits per heavy atom. The summed E-state index contributed by atoms with van der Waals surface area (Å²) in [4.78, 5) is 26.3. The van der Waals surface area contributed by atoms with Gasteiger partial charge in [0.25, 0.3) is 5.56 Å². The number of methoxy groups -OCH3 is 3. The van der Waals surface area contributed by atoms with Crippen molar-refractivity contribution in [3.63, 3.8) is 0 Å². The molecule has 0 spiro atoms. The Labute approximate surface area is 204 Å². The van der Waals surface area contributed by atoms with Gasteiger partial charge >= 0.3 is 0 Å². The number of nitrogens with one attached hydrogen (secondary N) is 3. The molecule has 0 bridgehead atoms. The van der Waals surface area contributed by atoms with Gasteiger partial charge in [0.15, 0.2) is 17.3 Å². The maximum atomic E-state index is 13.6. The molecule has 0 amide bonds. The van der Waals surface area contributed by atoms with E-state index in [0.717, 1.165) is 21.3 Å². The molecule has 9 heteroatoms. The predicted octanol–water partition coefficient (Wildman–Crippen LogP) is 4.45. The van der Waals surface area contributed by atoms with Crippen molar-refractivity contribution in [3.8, 4) is 17.2 Å². The van der Waals surface area contributed by atoms with Gasteiger partial charge < -0.3 is 19.5 Å². The molecular formula is C25H24BrN3O5. The van der Waals surface area contributed by atoms with Crippen LogP contribution in [0.25, 0.3) is 0 Å². The highest BCUT2D eigenvalue weighted by atomic mass is 79.9. The Balaban J connectivity index is 1.59. The first-order valence-corrected chi connectivity index (χ1v) is 11.6. The highest BCUT2D eigenvalue weighted by Crippen LogP contribution is 2.48. The number of carbonyl (C=O) groups is 1. The number of ether oxygens (including phenoxy) is 3. The lowest BCUT2D eigenvalue weighted by Gasteiger charge is -2.34. The van der Waals surface area contributed by atoms with Crippen LogP contribution in [0.3, 0.4) is 0 Å². The van der Waals surface area contributed by atoms with Crippen LogP contribution in [0, 0.1) is 0 Å². The van der Waals surface area contributed by atoms with Crippen molar-refractivity contribution in [2.75, 3.05) is 26.6 Å². The fourth-order valence-electron chi connectivity index (χ4n) is 4.98. The monoisotopic (exact) mass is 525 g/mol. The SMILES string of the molecule is COc1cc([C@@H]2CC(=O)C3=C(C2)Nc2[nH][nH]c(=O)c2[C@H]3c2ccc(Br)cc2)cc(OC)c1OC. The van der Waals surface area contributed by atoms with Crippen molar-refractivity contribution in [3.05, 3.63) is 79.2 Å². The van der Waals surface area contributed by atoms with Crippen LogP contribution in [0.5, 0.6) is 17.2 Å². The number of halogens is 1. The van der Waals surface area contributed by atoms with Crippen LogP contribution in [0.1, 0.15) is 41.4 Å². The van der Waals surface area contributed by atoms with E-state index in [1.54, 1.807) is 21.3 Å². The molecule has 0 saturated carbocycles. The van der Waals surface area contributed by atoms with E-state index in [9.17, 15) is 9.59 Å². The second-order valence-electron chi connectivity index (χ2n) is 8.36. The summed E-state index contributed by atoms with van der Waals surface area (Å²) in [5.41, 5.74) is 3.56. The smallest absolute Gasteiger partial charge is 0.270 e. The van der Waals surface area contributed by atoms with Gasteiger partial charge in [0.1, 0.15) is 5.82 Å². The Morgan fingerprint density at radius 2 is 1.56 bits per heavy atom. The number of carbonyl (C=O) groups excluding carboxylic acids is 1. The topological polar surface area (TPSA) is 105 Å². The standard InChI is InChI=1S/C25H24BrN3O5/c1-32-18-10-14(11-19(33-2)23(18)34-3)13-8-16-21(17(30)9-13)20(12-4-6-15(26)7-5-12)22-24(27-16)28-29-25(22)31/h4-7,10-11,13,20H,8-9H2,1-3H3,(H3,27,28,29,31)/t13-,20-/m0/s1. The lowest BCUT2D eigenvalue weighted by atomic mass is 9.73. The number of anilines is 1. The summed E-state index contributed by atoms with van der Waals surface area (Å²) in [5, 5.41) is 8.91. The first kappa shape index (κ1) is 22.3. The Hall–Kier alpha value is -3.46. The first-order chi connectivity index (χ1) is 16.4. The van der Waals surface area contributed by atoms with Crippen LogP contribution < -0.4 is 25.1 Å². The van der Waals surface area contributed by atoms with Crippen LogP contribution in [0.15, 0.2) is 56.9 Å². The lowest BCUT2D eigenvalue weighted by Crippen LogP contribution is -2.31. The van der Waals surface area contributed by atoms with Gasteiger partial charge in [-0.1, -0.05) is 28.1 Å². The van der Waals surface area contributed by atoms with Gasteiger partial charge in [-0.2, -0.15) is 0 Å². The maximum Gasteiger partial charge on any atom is 0.270 e. The molecule has 1 aliphatic carbocycles. The molecule has 3 N–H and O–H groups in total. The maximum absolute atomic E-state index is 13.6. The van der Waals surface area contributed by atoms with Crippen molar-refractivity contribution in [1.82, 2.24) is 10.2 Å². The first-order valence-electron chi connectivity index (χ1n) is 10.8. The van der Waals surface area contributed by atoms with E-state index in [-0.39, 0.29) is 17.3 Å². The van der Waals surface area contributed by atoms with Crippen LogP contribution >= 0.6 is 15.9 Å². The molecule has 2 aromatic carbocycles. The highest BCUT2D eigenvalue weighted by Gasteiger charge is 2.40. The molecule has 8 nitrogen and oxygen atoms in total. The van der Waals surface area contributed by atoms with Gasteiger partial charge in [-0.15, -0.1) is 0 Å². The molecule has 176 valence electrons. The van der Waals surface area contributed by atoms with E-state index >= 15 is 0 Å². The van der Waals surface area contributed by atoms with E-state index in [4.69, 9.17) is 14.2 Å². The largest absolute Gasteiger partial charge is 0.493 e. The minimum absolute atomic E-state index is 0.00618. The van der Waals surface area contributed by atoms with Crippen molar-refractivity contribution >= 4 is 27.5 Å². The molecular weight excluding hydrogens is 502 g/mol. The molecule has 1 aromatic heterocycles. The van der Waals surface area contributed by atoms with Gasteiger partial charge in [-0.25, -0.2) is 0 Å². The molecule has 2 atom stereocenters. The van der Waals surface area contributed by atoms with Gasteiger partial charge in [-0.05, 0) is 47.7 Å². The minimum Gasteiger partial charge on any atom is -0.493 e.